The fourth-order valence-electron chi connectivity index (χ4n) is 3.85. The van der Waals surface area contributed by atoms with Crippen molar-refractivity contribution in [3.8, 4) is 0 Å². The van der Waals surface area contributed by atoms with Crippen LogP contribution < -0.4 is 5.32 Å². The van der Waals surface area contributed by atoms with Gasteiger partial charge in [0.05, 0.1) is 6.04 Å². The molecule has 0 saturated carbocycles. The van der Waals surface area contributed by atoms with Gasteiger partial charge in [0, 0.05) is 31.4 Å². The van der Waals surface area contributed by atoms with Gasteiger partial charge < -0.3 is 15.2 Å². The smallest absolute Gasteiger partial charge is 0.237 e. The Labute approximate surface area is 138 Å². The molecular formula is C17H29N5O. The Bertz CT molecular complexity index is 481. The third-order valence-corrected chi connectivity index (χ3v) is 5.20. The van der Waals surface area contributed by atoms with Crippen molar-refractivity contribution >= 4 is 5.91 Å². The fourth-order valence-corrected chi connectivity index (χ4v) is 3.85. The molecular weight excluding hydrogens is 290 g/mol. The van der Waals surface area contributed by atoms with Gasteiger partial charge in [0.2, 0.25) is 5.91 Å². The summed E-state index contributed by atoms with van der Waals surface area (Å²) in [6, 6.07) is 0.680. The zero-order valence-electron chi connectivity index (χ0n) is 14.1. The Morgan fingerprint density at radius 1 is 1.35 bits per heavy atom. The van der Waals surface area contributed by atoms with E-state index in [0.717, 1.165) is 57.7 Å². The van der Waals surface area contributed by atoms with Gasteiger partial charge in [-0.25, -0.2) is 4.98 Å². The van der Waals surface area contributed by atoms with Crippen molar-refractivity contribution in [2.75, 3.05) is 33.2 Å². The van der Waals surface area contributed by atoms with E-state index >= 15 is 0 Å². The van der Waals surface area contributed by atoms with Crippen LogP contribution in [0.5, 0.6) is 0 Å². The van der Waals surface area contributed by atoms with Gasteiger partial charge in [-0.05, 0) is 58.8 Å². The summed E-state index contributed by atoms with van der Waals surface area (Å²) in [7, 11) is 2.18. The number of nitrogens with zero attached hydrogens (tertiary/aromatic N) is 3. The maximum Gasteiger partial charge on any atom is 0.237 e. The van der Waals surface area contributed by atoms with E-state index in [1.165, 1.54) is 12.8 Å². The number of amides is 1. The topological polar surface area (TPSA) is 64.3 Å². The predicted molar refractivity (Wildman–Crippen MR) is 90.2 cm³/mol. The quantitative estimate of drug-likeness (QED) is 0.769. The first-order valence-electron chi connectivity index (χ1n) is 8.94. The number of aromatic nitrogens is 2. The molecule has 6 nitrogen and oxygen atoms in total. The van der Waals surface area contributed by atoms with Crippen molar-refractivity contribution in [1.82, 2.24) is 25.1 Å². The Hall–Kier alpha value is -1.40. The average Bonchev–Trinajstić information content (AvgIpc) is 3.23. The molecule has 3 rings (SSSR count). The number of imidazole rings is 1. The molecule has 0 aliphatic carbocycles. The maximum absolute atomic E-state index is 12.5. The highest BCUT2D eigenvalue weighted by atomic mass is 16.2. The molecule has 0 radical (unpaired) electrons. The summed E-state index contributed by atoms with van der Waals surface area (Å²) in [4.78, 5) is 24.7. The summed E-state index contributed by atoms with van der Waals surface area (Å²) in [6.07, 6.45) is 9.97. The third-order valence-electron chi connectivity index (χ3n) is 5.20. The Kier molecular flexibility index (Phi) is 5.67. The lowest BCUT2D eigenvalue weighted by Crippen LogP contribution is -2.51. The van der Waals surface area contributed by atoms with Crippen LogP contribution >= 0.6 is 0 Å². The first-order chi connectivity index (χ1) is 11.2. The minimum atomic E-state index is 0.0898. The molecule has 0 aromatic carbocycles. The minimum absolute atomic E-state index is 0.0898. The standard InChI is InChI=1S/C17H29N5O/c1-21-12-6-14(7-13-21)22-11-3-4-15(22)17(23)20-8-2-5-16-18-9-10-19-16/h9-10,14-15H,2-8,11-13H2,1H3,(H,18,19)(H,20,23)/t15-/m0/s1. The second-order valence-corrected chi connectivity index (χ2v) is 6.86. The van der Waals surface area contributed by atoms with Gasteiger partial charge in [0.1, 0.15) is 5.82 Å². The zero-order chi connectivity index (χ0) is 16.1. The second-order valence-electron chi connectivity index (χ2n) is 6.86. The van der Waals surface area contributed by atoms with Gasteiger partial charge >= 0.3 is 0 Å². The van der Waals surface area contributed by atoms with E-state index in [0.29, 0.717) is 6.04 Å². The largest absolute Gasteiger partial charge is 0.355 e. The van der Waals surface area contributed by atoms with Gasteiger partial charge in [-0.2, -0.15) is 0 Å². The van der Waals surface area contributed by atoms with Crippen molar-refractivity contribution in [2.24, 2.45) is 0 Å². The monoisotopic (exact) mass is 319 g/mol. The number of likely N-dealkylation sites (tertiary alicyclic amines) is 2. The van der Waals surface area contributed by atoms with Crippen molar-refractivity contribution in [3.63, 3.8) is 0 Å². The summed E-state index contributed by atoms with van der Waals surface area (Å²) >= 11 is 0. The Balaban J connectivity index is 1.42. The molecule has 1 aromatic heterocycles. The highest BCUT2D eigenvalue weighted by molar-refractivity contribution is 5.82. The number of rotatable bonds is 6. The van der Waals surface area contributed by atoms with Gasteiger partial charge in [-0.3, -0.25) is 9.69 Å². The molecule has 0 spiro atoms. The van der Waals surface area contributed by atoms with Crippen LogP contribution in [-0.2, 0) is 11.2 Å². The summed E-state index contributed by atoms with van der Waals surface area (Å²) in [5.74, 6) is 1.22. The molecule has 3 heterocycles. The molecule has 2 fully saturated rings. The molecule has 6 heteroatoms. The number of piperidine rings is 1. The number of nitrogens with one attached hydrogen (secondary N) is 2. The molecule has 1 amide bonds. The average molecular weight is 319 g/mol. The summed E-state index contributed by atoms with van der Waals surface area (Å²) in [6.45, 7) is 4.12. The van der Waals surface area contributed by atoms with Crippen LogP contribution in [0, 0.1) is 0 Å². The zero-order valence-corrected chi connectivity index (χ0v) is 14.1. The van der Waals surface area contributed by atoms with Gasteiger partial charge in [0.15, 0.2) is 0 Å². The van der Waals surface area contributed by atoms with Gasteiger partial charge in [-0.1, -0.05) is 0 Å². The fraction of sp³-hybridized carbons (Fsp3) is 0.765. The SMILES string of the molecule is CN1CCC(N2CCC[C@H]2C(=O)NCCCc2ncc[nH]2)CC1. The number of hydrogen-bond acceptors (Lipinski definition) is 4. The molecule has 2 aliphatic rings. The number of aryl methyl sites for hydroxylation is 1. The molecule has 0 bridgehead atoms. The summed E-state index contributed by atoms with van der Waals surface area (Å²) < 4.78 is 0. The lowest BCUT2D eigenvalue weighted by atomic mass is 10.0. The number of carbonyl (C=O) groups is 1. The van der Waals surface area contributed by atoms with Crippen molar-refractivity contribution < 1.29 is 4.79 Å². The molecule has 1 atom stereocenters. The van der Waals surface area contributed by atoms with Crippen LogP contribution in [0.2, 0.25) is 0 Å². The number of hydrogen-bond donors (Lipinski definition) is 2. The highest BCUT2D eigenvalue weighted by Gasteiger charge is 2.36. The van der Waals surface area contributed by atoms with E-state index in [2.05, 4.69) is 32.1 Å². The van der Waals surface area contributed by atoms with E-state index < -0.39 is 0 Å². The maximum atomic E-state index is 12.5. The van der Waals surface area contributed by atoms with E-state index in [1.54, 1.807) is 6.20 Å². The van der Waals surface area contributed by atoms with Crippen molar-refractivity contribution in [3.05, 3.63) is 18.2 Å². The van der Waals surface area contributed by atoms with E-state index in [9.17, 15) is 4.79 Å². The lowest BCUT2D eigenvalue weighted by molar-refractivity contribution is -0.126. The van der Waals surface area contributed by atoms with Crippen LogP contribution in [0.25, 0.3) is 0 Å². The van der Waals surface area contributed by atoms with Crippen LogP contribution in [-0.4, -0.2) is 71.0 Å². The van der Waals surface area contributed by atoms with Crippen molar-refractivity contribution in [2.45, 2.75) is 50.6 Å². The van der Waals surface area contributed by atoms with Crippen LogP contribution in [0.1, 0.15) is 37.9 Å². The van der Waals surface area contributed by atoms with E-state index in [-0.39, 0.29) is 11.9 Å². The number of aromatic amines is 1. The normalized spacial score (nSPS) is 24.1. The molecule has 1 aromatic rings. The third kappa shape index (κ3) is 4.32. The van der Waals surface area contributed by atoms with Gasteiger partial charge in [-0.15, -0.1) is 0 Å². The first-order valence-corrected chi connectivity index (χ1v) is 8.94. The van der Waals surface area contributed by atoms with Crippen LogP contribution in [0.4, 0.5) is 0 Å². The molecule has 23 heavy (non-hydrogen) atoms. The Morgan fingerprint density at radius 2 is 2.17 bits per heavy atom. The lowest BCUT2D eigenvalue weighted by Gasteiger charge is -2.37. The number of H-pyrrole nitrogens is 1. The molecule has 2 aliphatic heterocycles. The summed E-state index contributed by atoms with van der Waals surface area (Å²) in [5.41, 5.74) is 0. The predicted octanol–water partition coefficient (Wildman–Crippen LogP) is 1.02. The van der Waals surface area contributed by atoms with Crippen LogP contribution in [0.3, 0.4) is 0 Å². The molecule has 128 valence electrons. The minimum Gasteiger partial charge on any atom is -0.355 e. The van der Waals surface area contributed by atoms with Crippen molar-refractivity contribution in [1.29, 1.82) is 0 Å². The molecule has 0 unspecified atom stereocenters. The Morgan fingerprint density at radius 3 is 2.91 bits per heavy atom. The number of carbonyl (C=O) groups excluding carboxylic acids is 1. The van der Waals surface area contributed by atoms with E-state index in [1.807, 2.05) is 6.20 Å². The summed E-state index contributed by atoms with van der Waals surface area (Å²) in [5, 5.41) is 3.13. The first kappa shape index (κ1) is 16.5. The van der Waals surface area contributed by atoms with Crippen LogP contribution in [0.15, 0.2) is 12.4 Å². The van der Waals surface area contributed by atoms with E-state index in [4.69, 9.17) is 0 Å². The molecule has 2 N–H and O–H groups in total. The highest BCUT2D eigenvalue weighted by Crippen LogP contribution is 2.25. The second kappa shape index (κ2) is 7.93. The molecule has 2 saturated heterocycles. The van der Waals surface area contributed by atoms with Gasteiger partial charge in [0.25, 0.3) is 0 Å².